The summed E-state index contributed by atoms with van der Waals surface area (Å²) in [6.45, 7) is 8.00. The summed E-state index contributed by atoms with van der Waals surface area (Å²) in [5.41, 5.74) is -6.09. The minimum Gasteiger partial charge on any atom is -0.369 e. The Kier molecular flexibility index (Phi) is 11.6. The van der Waals surface area contributed by atoms with E-state index in [0.29, 0.717) is 12.1 Å². The molecule has 1 fully saturated rings. The van der Waals surface area contributed by atoms with Crippen LogP contribution in [0.1, 0.15) is 24.8 Å². The molecule has 1 aliphatic carbocycles. The summed E-state index contributed by atoms with van der Waals surface area (Å²) in [5.74, 6) is -0.405. The molecule has 12 heteroatoms. The van der Waals surface area contributed by atoms with E-state index in [-0.39, 0.29) is 10.1 Å². The molecule has 1 N–H and O–H groups in total. The lowest BCUT2D eigenvalue weighted by atomic mass is 9.92. The van der Waals surface area contributed by atoms with Crippen molar-refractivity contribution in [1.29, 1.82) is 0 Å². The minimum absolute atomic E-state index is 0.239. The summed E-state index contributed by atoms with van der Waals surface area (Å²) >= 11 is 0. The van der Waals surface area contributed by atoms with Crippen molar-refractivity contribution < 1.29 is 49.1 Å². The number of carbonyl (C=O) groups is 1. The molecule has 0 amide bonds. The van der Waals surface area contributed by atoms with Crippen LogP contribution < -0.4 is 0 Å². The number of hydrogen-bond acceptors (Lipinski definition) is 4. The maximum atomic E-state index is 12.6. The van der Waals surface area contributed by atoms with Gasteiger partial charge in [-0.25, -0.2) is 12.8 Å². The van der Waals surface area contributed by atoms with Crippen LogP contribution in [0.3, 0.4) is 0 Å². The third-order valence-electron chi connectivity index (χ3n) is 4.65. The summed E-state index contributed by atoms with van der Waals surface area (Å²) in [5, 5.41) is 8.66. The van der Waals surface area contributed by atoms with E-state index in [1.165, 1.54) is 30.3 Å². The molecule has 190 valence electrons. The van der Waals surface area contributed by atoms with Gasteiger partial charge in [-0.1, -0.05) is 36.8 Å². The quantitative estimate of drug-likeness (QED) is 0.320. The number of benzene rings is 2. The van der Waals surface area contributed by atoms with Crippen molar-refractivity contribution >= 4 is 16.6 Å². The number of hydrogen-bond donors (Lipinski definition) is 1. The standard InChI is InChI=1S/C10H11FO2S.C9H6F6O.C2H4.CH2O/c11-8-4-6-10(7-5-8)14(12,13)9-2-1-3-9;10-8(11,12)7(16,9(13,14)15)6-4-2-1-3-5-6;2*1-2/h4-7,9H,1-3H2;1-5,16H;1-2H2;1H2. The fourth-order valence-electron chi connectivity index (χ4n) is 2.67. The van der Waals surface area contributed by atoms with Crippen LogP contribution >= 0.6 is 0 Å². The molecule has 0 saturated heterocycles. The highest BCUT2D eigenvalue weighted by molar-refractivity contribution is 7.92. The molecule has 0 atom stereocenters. The first kappa shape index (κ1) is 31.3. The molecular weight excluding hydrogens is 493 g/mol. The first-order chi connectivity index (χ1) is 15.7. The van der Waals surface area contributed by atoms with Gasteiger partial charge in [0.25, 0.3) is 5.60 Å². The summed E-state index contributed by atoms with van der Waals surface area (Å²) in [7, 11) is -3.19. The van der Waals surface area contributed by atoms with Gasteiger partial charge >= 0.3 is 12.4 Å². The predicted octanol–water partition coefficient (Wildman–Crippen LogP) is 5.77. The fourth-order valence-corrected chi connectivity index (χ4v) is 4.52. The van der Waals surface area contributed by atoms with Gasteiger partial charge in [0.05, 0.1) is 10.1 Å². The minimum atomic E-state index is -5.83. The topological polar surface area (TPSA) is 71.4 Å². The molecule has 34 heavy (non-hydrogen) atoms. The van der Waals surface area contributed by atoms with Crippen LogP contribution in [-0.2, 0) is 20.2 Å². The average Bonchev–Trinajstić information content (AvgIpc) is 2.74. The first-order valence-electron chi connectivity index (χ1n) is 9.41. The number of alkyl halides is 6. The number of carbonyl (C=O) groups excluding carboxylic acids is 1. The van der Waals surface area contributed by atoms with E-state index < -0.39 is 39.2 Å². The van der Waals surface area contributed by atoms with Crippen LogP contribution in [-0.4, -0.2) is 37.9 Å². The van der Waals surface area contributed by atoms with Crippen molar-refractivity contribution in [3.63, 3.8) is 0 Å². The summed E-state index contributed by atoms with van der Waals surface area (Å²) in [4.78, 5) is 8.24. The van der Waals surface area contributed by atoms with E-state index in [1.54, 1.807) is 0 Å². The molecule has 3 rings (SSSR count). The molecule has 0 bridgehead atoms. The monoisotopic (exact) mass is 516 g/mol. The Bertz CT molecular complexity index is 953. The average molecular weight is 516 g/mol. The van der Waals surface area contributed by atoms with Crippen LogP contribution in [0.15, 0.2) is 72.7 Å². The molecule has 2 aromatic rings. The molecule has 2 aromatic carbocycles. The van der Waals surface area contributed by atoms with Crippen molar-refractivity contribution in [3.8, 4) is 0 Å². The Morgan fingerprint density at radius 1 is 0.794 bits per heavy atom. The molecule has 1 saturated carbocycles. The van der Waals surface area contributed by atoms with Crippen molar-refractivity contribution in [2.45, 2.75) is 47.4 Å². The van der Waals surface area contributed by atoms with Gasteiger partial charge in [0.1, 0.15) is 12.6 Å². The second-order valence-electron chi connectivity index (χ2n) is 6.62. The SMILES string of the molecule is C=C.C=O.O=S(=O)(c1ccc(F)cc1)C1CCC1.OC(c1ccccc1)(C(F)(F)F)C(F)(F)F. The molecular formula is C22H23F7O4S. The van der Waals surface area contributed by atoms with Crippen molar-refractivity contribution in [2.24, 2.45) is 0 Å². The van der Waals surface area contributed by atoms with Crippen molar-refractivity contribution in [1.82, 2.24) is 0 Å². The highest BCUT2D eigenvalue weighted by Crippen LogP contribution is 2.49. The summed E-state index contributed by atoms with van der Waals surface area (Å²) in [6, 6.07) is 9.40. The molecule has 0 spiro atoms. The number of sulfone groups is 1. The maximum Gasteiger partial charge on any atom is 0.430 e. The van der Waals surface area contributed by atoms with E-state index in [9.17, 15) is 39.2 Å². The molecule has 0 radical (unpaired) electrons. The van der Waals surface area contributed by atoms with Crippen LogP contribution in [0.4, 0.5) is 30.7 Å². The van der Waals surface area contributed by atoms with Gasteiger partial charge in [-0.15, -0.1) is 13.2 Å². The highest BCUT2D eigenvalue weighted by Gasteiger charge is 2.71. The van der Waals surface area contributed by atoms with E-state index in [4.69, 9.17) is 9.90 Å². The van der Waals surface area contributed by atoms with E-state index in [0.717, 1.165) is 31.4 Å². The molecule has 0 heterocycles. The van der Waals surface area contributed by atoms with Gasteiger partial charge in [-0.05, 0) is 37.1 Å². The first-order valence-corrected chi connectivity index (χ1v) is 11.0. The zero-order valence-electron chi connectivity index (χ0n) is 17.7. The Morgan fingerprint density at radius 3 is 1.53 bits per heavy atom. The Hall–Kier alpha value is -2.73. The van der Waals surface area contributed by atoms with Crippen LogP contribution in [0, 0.1) is 5.82 Å². The smallest absolute Gasteiger partial charge is 0.369 e. The molecule has 0 aliphatic heterocycles. The maximum absolute atomic E-state index is 12.6. The molecule has 0 aromatic heterocycles. The van der Waals surface area contributed by atoms with Crippen molar-refractivity contribution in [3.05, 3.63) is 79.1 Å². The largest absolute Gasteiger partial charge is 0.430 e. The second-order valence-corrected chi connectivity index (χ2v) is 8.85. The fraction of sp³-hybridized carbons (Fsp3) is 0.318. The van der Waals surface area contributed by atoms with E-state index in [1.807, 2.05) is 6.79 Å². The molecule has 4 nitrogen and oxygen atoms in total. The number of rotatable bonds is 3. The van der Waals surface area contributed by atoms with Gasteiger partial charge in [0.15, 0.2) is 9.84 Å². The summed E-state index contributed by atoms with van der Waals surface area (Å²) < 4.78 is 110. The van der Waals surface area contributed by atoms with Gasteiger partial charge < -0.3 is 9.90 Å². The highest BCUT2D eigenvalue weighted by atomic mass is 32.2. The van der Waals surface area contributed by atoms with E-state index >= 15 is 0 Å². The molecule has 1 aliphatic rings. The lowest BCUT2D eigenvalue weighted by molar-refractivity contribution is -0.376. The Balaban J connectivity index is 0.000000561. The van der Waals surface area contributed by atoms with Crippen molar-refractivity contribution in [2.75, 3.05) is 0 Å². The predicted molar refractivity (Wildman–Crippen MR) is 112 cm³/mol. The summed E-state index contributed by atoms with van der Waals surface area (Å²) in [6.07, 6.45) is -9.20. The zero-order chi connectivity index (χ0) is 26.8. The number of aliphatic hydroxyl groups is 1. The lowest BCUT2D eigenvalue weighted by Crippen LogP contribution is -2.53. The Morgan fingerprint density at radius 2 is 1.21 bits per heavy atom. The van der Waals surface area contributed by atoms with Crippen LogP contribution in [0.25, 0.3) is 0 Å². The van der Waals surface area contributed by atoms with E-state index in [2.05, 4.69) is 13.2 Å². The van der Waals surface area contributed by atoms with Gasteiger partial charge in [-0.3, -0.25) is 0 Å². The van der Waals surface area contributed by atoms with Gasteiger partial charge in [-0.2, -0.15) is 26.3 Å². The van der Waals surface area contributed by atoms with Gasteiger partial charge in [0, 0.05) is 5.56 Å². The van der Waals surface area contributed by atoms with Crippen LogP contribution in [0.5, 0.6) is 0 Å². The lowest BCUT2D eigenvalue weighted by Gasteiger charge is -2.32. The normalized spacial score (nSPS) is 14.1. The number of halogens is 7. The molecule has 0 unspecified atom stereocenters. The second kappa shape index (κ2) is 12.7. The Labute approximate surface area is 192 Å². The zero-order valence-corrected chi connectivity index (χ0v) is 18.6. The van der Waals surface area contributed by atoms with Crippen LogP contribution in [0.2, 0.25) is 0 Å². The third-order valence-corrected chi connectivity index (χ3v) is 6.92. The van der Waals surface area contributed by atoms with Gasteiger partial charge in [0.2, 0.25) is 0 Å². The third kappa shape index (κ3) is 7.13.